The molecule has 10 heteroatoms. The lowest BCUT2D eigenvalue weighted by atomic mass is 9.88. The van der Waals surface area contributed by atoms with Gasteiger partial charge in [-0.1, -0.05) is 12.1 Å². The predicted molar refractivity (Wildman–Crippen MR) is 170 cm³/mol. The van der Waals surface area contributed by atoms with Gasteiger partial charge in [-0.3, -0.25) is 29.1 Å². The standard InChI is InChI=1S/C35H41N5O5/c1-38(2)34(43)27-6-4-24(5-7-27)23-39-18-16-29(17-19-39)37-33(42)28-10-13-31(36-22-28)35(44)40-20-14-26(15-21-40)32(41)25-8-11-30(45-3)12-9-25/h4-13,22,26,29H,14-21,23H2,1-3H3,(H,37,42). The molecule has 3 amide bonds. The summed E-state index contributed by atoms with van der Waals surface area (Å²) in [6.45, 7) is 3.48. The first kappa shape index (κ1) is 31.8. The molecule has 10 nitrogen and oxygen atoms in total. The number of hydrogen-bond donors (Lipinski definition) is 1. The van der Waals surface area contributed by atoms with Crippen molar-refractivity contribution >= 4 is 23.5 Å². The van der Waals surface area contributed by atoms with E-state index in [-0.39, 0.29) is 35.5 Å². The minimum atomic E-state index is -0.195. The van der Waals surface area contributed by atoms with Gasteiger partial charge in [0.2, 0.25) is 0 Å². The molecule has 1 N–H and O–H groups in total. The van der Waals surface area contributed by atoms with E-state index in [4.69, 9.17) is 4.74 Å². The molecule has 2 aliphatic rings. The Hall–Kier alpha value is -4.57. The summed E-state index contributed by atoms with van der Waals surface area (Å²) in [5, 5.41) is 3.12. The van der Waals surface area contributed by atoms with E-state index in [1.54, 1.807) is 67.4 Å². The van der Waals surface area contributed by atoms with Crippen molar-refractivity contribution < 1.29 is 23.9 Å². The lowest BCUT2D eigenvalue weighted by Crippen LogP contribution is -2.44. The number of amides is 3. The highest BCUT2D eigenvalue weighted by molar-refractivity contribution is 5.99. The van der Waals surface area contributed by atoms with Gasteiger partial charge in [0.1, 0.15) is 11.4 Å². The normalized spacial score (nSPS) is 16.2. The number of nitrogens with one attached hydrogen (secondary N) is 1. The van der Waals surface area contributed by atoms with Gasteiger partial charge in [-0.2, -0.15) is 0 Å². The number of ether oxygens (including phenoxy) is 1. The van der Waals surface area contributed by atoms with Crippen molar-refractivity contribution in [2.75, 3.05) is 47.4 Å². The van der Waals surface area contributed by atoms with Crippen LogP contribution in [-0.4, -0.2) is 96.6 Å². The Morgan fingerprint density at radius 3 is 2.02 bits per heavy atom. The van der Waals surface area contributed by atoms with Crippen LogP contribution >= 0.6 is 0 Å². The van der Waals surface area contributed by atoms with Crippen LogP contribution in [0.25, 0.3) is 0 Å². The van der Waals surface area contributed by atoms with Crippen molar-refractivity contribution in [3.05, 3.63) is 94.8 Å². The maximum atomic E-state index is 13.1. The van der Waals surface area contributed by atoms with Gasteiger partial charge in [-0.15, -0.1) is 0 Å². The maximum Gasteiger partial charge on any atom is 0.272 e. The Morgan fingerprint density at radius 2 is 1.44 bits per heavy atom. The number of nitrogens with zero attached hydrogens (tertiary/aromatic N) is 4. The van der Waals surface area contributed by atoms with Gasteiger partial charge in [-0.05, 0) is 79.8 Å². The molecule has 0 bridgehead atoms. The number of likely N-dealkylation sites (tertiary alicyclic amines) is 2. The summed E-state index contributed by atoms with van der Waals surface area (Å²) in [5.74, 6) is 0.278. The van der Waals surface area contributed by atoms with Crippen molar-refractivity contribution in [2.45, 2.75) is 38.3 Å². The molecule has 45 heavy (non-hydrogen) atoms. The van der Waals surface area contributed by atoms with Gasteiger partial charge in [0.25, 0.3) is 17.7 Å². The molecule has 2 fully saturated rings. The molecule has 2 aromatic carbocycles. The summed E-state index contributed by atoms with van der Waals surface area (Å²) in [7, 11) is 5.08. The first-order valence-corrected chi connectivity index (χ1v) is 15.5. The molecule has 0 aliphatic carbocycles. The van der Waals surface area contributed by atoms with Crippen molar-refractivity contribution in [2.24, 2.45) is 5.92 Å². The molecular formula is C35H41N5O5. The molecule has 0 saturated carbocycles. The van der Waals surface area contributed by atoms with E-state index in [0.717, 1.165) is 38.0 Å². The SMILES string of the molecule is COc1ccc(C(=O)C2CCN(C(=O)c3ccc(C(=O)NC4CCN(Cc5ccc(C(=O)N(C)C)cc5)CC4)cn3)CC2)cc1. The molecule has 3 heterocycles. The third-order valence-electron chi connectivity index (χ3n) is 8.71. The highest BCUT2D eigenvalue weighted by atomic mass is 16.5. The Bertz CT molecular complexity index is 1490. The van der Waals surface area contributed by atoms with E-state index in [1.807, 2.05) is 24.3 Å². The summed E-state index contributed by atoms with van der Waals surface area (Å²) in [5.41, 5.74) is 3.20. The van der Waals surface area contributed by atoms with E-state index in [9.17, 15) is 19.2 Å². The average molecular weight is 612 g/mol. The molecule has 2 saturated heterocycles. The van der Waals surface area contributed by atoms with Gasteiger partial charge in [-0.25, -0.2) is 0 Å². The Balaban J connectivity index is 1.05. The number of carbonyl (C=O) groups is 4. The van der Waals surface area contributed by atoms with Crippen LogP contribution < -0.4 is 10.1 Å². The smallest absolute Gasteiger partial charge is 0.272 e. The summed E-state index contributed by atoms with van der Waals surface area (Å²) in [6, 6.07) is 18.2. The van der Waals surface area contributed by atoms with Crippen LogP contribution in [0.2, 0.25) is 0 Å². The number of aromatic nitrogens is 1. The molecule has 3 aromatic rings. The van der Waals surface area contributed by atoms with E-state index in [2.05, 4.69) is 15.2 Å². The number of hydrogen-bond acceptors (Lipinski definition) is 7. The van der Waals surface area contributed by atoms with E-state index in [0.29, 0.717) is 54.1 Å². The zero-order valence-corrected chi connectivity index (χ0v) is 26.2. The van der Waals surface area contributed by atoms with Crippen molar-refractivity contribution in [1.29, 1.82) is 0 Å². The minimum absolute atomic E-state index is 0.00881. The molecule has 1 aromatic heterocycles. The lowest BCUT2D eigenvalue weighted by Gasteiger charge is -2.32. The Morgan fingerprint density at radius 1 is 0.822 bits per heavy atom. The molecule has 0 radical (unpaired) electrons. The third kappa shape index (κ3) is 7.94. The van der Waals surface area contributed by atoms with Crippen LogP contribution in [-0.2, 0) is 6.54 Å². The van der Waals surface area contributed by atoms with Crippen LogP contribution in [0.1, 0.15) is 72.8 Å². The molecule has 0 unspecified atom stereocenters. The lowest BCUT2D eigenvalue weighted by molar-refractivity contribution is 0.0645. The summed E-state index contributed by atoms with van der Waals surface area (Å²) in [6.07, 6.45) is 4.33. The fourth-order valence-electron chi connectivity index (χ4n) is 5.93. The predicted octanol–water partition coefficient (Wildman–Crippen LogP) is 3.92. The number of pyridine rings is 1. The number of Topliss-reactive ketones (excluding diaryl/α,β-unsaturated/α-hetero) is 1. The largest absolute Gasteiger partial charge is 0.497 e. The Kier molecular flexibility index (Phi) is 10.2. The second-order valence-corrected chi connectivity index (χ2v) is 12.0. The van der Waals surface area contributed by atoms with E-state index >= 15 is 0 Å². The number of piperidine rings is 2. The highest BCUT2D eigenvalue weighted by Crippen LogP contribution is 2.24. The topological polar surface area (TPSA) is 112 Å². The monoisotopic (exact) mass is 611 g/mol. The first-order valence-electron chi connectivity index (χ1n) is 15.5. The molecule has 5 rings (SSSR count). The highest BCUT2D eigenvalue weighted by Gasteiger charge is 2.29. The van der Waals surface area contributed by atoms with Crippen molar-refractivity contribution in [3.63, 3.8) is 0 Å². The number of carbonyl (C=O) groups excluding carboxylic acids is 4. The van der Waals surface area contributed by atoms with Gasteiger partial charge in [0.05, 0.1) is 12.7 Å². The first-order chi connectivity index (χ1) is 21.7. The number of benzene rings is 2. The molecule has 2 aliphatic heterocycles. The van der Waals surface area contributed by atoms with Gasteiger partial charge < -0.3 is 19.9 Å². The van der Waals surface area contributed by atoms with Crippen molar-refractivity contribution in [1.82, 2.24) is 25.0 Å². The third-order valence-corrected chi connectivity index (χ3v) is 8.71. The zero-order valence-electron chi connectivity index (χ0n) is 26.2. The average Bonchev–Trinajstić information content (AvgIpc) is 3.08. The summed E-state index contributed by atoms with van der Waals surface area (Å²) < 4.78 is 5.17. The molecule has 0 atom stereocenters. The fraction of sp³-hybridized carbons (Fsp3) is 0.400. The maximum absolute atomic E-state index is 13.1. The number of rotatable bonds is 9. The van der Waals surface area contributed by atoms with Crippen LogP contribution in [0.5, 0.6) is 5.75 Å². The van der Waals surface area contributed by atoms with Crippen LogP contribution in [0.4, 0.5) is 0 Å². The van der Waals surface area contributed by atoms with Crippen LogP contribution in [0.15, 0.2) is 66.9 Å². The van der Waals surface area contributed by atoms with Crippen LogP contribution in [0.3, 0.4) is 0 Å². The zero-order chi connectivity index (χ0) is 31.9. The van der Waals surface area contributed by atoms with Crippen molar-refractivity contribution in [3.8, 4) is 5.75 Å². The van der Waals surface area contributed by atoms with Crippen LogP contribution in [0, 0.1) is 5.92 Å². The Labute approximate surface area is 264 Å². The number of methoxy groups -OCH3 is 1. The van der Waals surface area contributed by atoms with Gasteiger partial charge >= 0.3 is 0 Å². The molecule has 0 spiro atoms. The van der Waals surface area contributed by atoms with Gasteiger partial charge in [0, 0.05) is 76.1 Å². The second-order valence-electron chi connectivity index (χ2n) is 12.0. The van der Waals surface area contributed by atoms with E-state index < -0.39 is 0 Å². The molecular weight excluding hydrogens is 570 g/mol. The number of ketones is 1. The summed E-state index contributed by atoms with van der Waals surface area (Å²) >= 11 is 0. The van der Waals surface area contributed by atoms with Gasteiger partial charge in [0.15, 0.2) is 5.78 Å². The minimum Gasteiger partial charge on any atom is -0.497 e. The second kappa shape index (κ2) is 14.5. The molecule has 236 valence electrons. The van der Waals surface area contributed by atoms with E-state index in [1.165, 1.54) is 6.20 Å². The summed E-state index contributed by atoms with van der Waals surface area (Å²) in [4.78, 5) is 61.0. The quantitative estimate of drug-likeness (QED) is 0.365. The fourth-order valence-corrected chi connectivity index (χ4v) is 5.93.